The van der Waals surface area contributed by atoms with Gasteiger partial charge in [0, 0.05) is 17.5 Å². The number of ketones is 1. The van der Waals surface area contributed by atoms with E-state index < -0.39 is 34.1 Å². The Balaban J connectivity index is 1.38. The van der Waals surface area contributed by atoms with Crippen molar-refractivity contribution in [2.24, 2.45) is 0 Å². The van der Waals surface area contributed by atoms with E-state index in [2.05, 4.69) is 11.6 Å². The van der Waals surface area contributed by atoms with E-state index >= 15 is 0 Å². The number of benzene rings is 3. The van der Waals surface area contributed by atoms with Gasteiger partial charge in [0.2, 0.25) is 10.0 Å². The zero-order valence-corrected chi connectivity index (χ0v) is 29.8. The van der Waals surface area contributed by atoms with E-state index in [9.17, 15) is 22.8 Å². The van der Waals surface area contributed by atoms with Gasteiger partial charge >= 0.3 is 11.9 Å². The van der Waals surface area contributed by atoms with Crippen molar-refractivity contribution in [3.63, 3.8) is 0 Å². The van der Waals surface area contributed by atoms with Crippen molar-refractivity contribution in [2.45, 2.75) is 121 Å². The molecule has 0 spiro atoms. The van der Waals surface area contributed by atoms with Crippen molar-refractivity contribution < 1.29 is 32.3 Å². The Labute approximate surface area is 292 Å². The molecular formula is C40H51NO7S. The van der Waals surface area contributed by atoms with Crippen molar-refractivity contribution in [1.29, 1.82) is 0 Å². The van der Waals surface area contributed by atoms with Crippen LogP contribution < -0.4 is 4.72 Å². The fourth-order valence-corrected chi connectivity index (χ4v) is 7.54. The molecule has 0 saturated heterocycles. The van der Waals surface area contributed by atoms with Gasteiger partial charge in [-0.15, -0.1) is 0 Å². The molecule has 8 nitrogen and oxygen atoms in total. The number of ether oxygens (including phenoxy) is 2. The summed E-state index contributed by atoms with van der Waals surface area (Å²) < 4.78 is 41.2. The second-order valence-electron chi connectivity index (χ2n) is 12.7. The Morgan fingerprint density at radius 3 is 1.84 bits per heavy atom. The summed E-state index contributed by atoms with van der Waals surface area (Å²) in [5.74, 6) is -1.67. The zero-order chi connectivity index (χ0) is 35.1. The Bertz CT molecular complexity index is 1640. The summed E-state index contributed by atoms with van der Waals surface area (Å²) in [7, 11) is -4.38. The maximum Gasteiger partial charge on any atom is 0.328 e. The highest BCUT2D eigenvalue weighted by atomic mass is 32.2. The quantitative estimate of drug-likeness (QED) is 0.0647. The first-order chi connectivity index (χ1) is 23.8. The van der Waals surface area contributed by atoms with Crippen molar-refractivity contribution >= 4 is 27.7 Å². The van der Waals surface area contributed by atoms with Crippen molar-refractivity contribution in [3.05, 3.63) is 89.5 Å². The third kappa shape index (κ3) is 10.8. The van der Waals surface area contributed by atoms with E-state index in [1.807, 2.05) is 12.1 Å². The van der Waals surface area contributed by atoms with E-state index in [0.717, 1.165) is 24.8 Å². The third-order valence-corrected chi connectivity index (χ3v) is 10.4. The molecule has 0 aromatic heterocycles. The number of unbranched alkanes of at least 4 members (excludes halogenated alkanes) is 12. The standard InChI is InChI=1S/C40H51NO7S/c1-3-5-6-7-8-9-10-11-12-13-14-15-19-26-36(42)48-39(30-22-17-16-18-23-30)37(40(44)47-4-2)41-49(45,46)31-27-28-33-32-24-20-21-25-34(32)38(43)35(33)29-31/h16-18,20-25,27-29,37,39,41H,3-15,19,26H2,1-2H3/t37-,39-/m1/s1. The first-order valence-corrected chi connectivity index (χ1v) is 19.5. The number of esters is 2. The summed E-state index contributed by atoms with van der Waals surface area (Å²) in [5.41, 5.74) is 2.60. The molecule has 1 aliphatic rings. The number of carbonyl (C=O) groups excluding carboxylic acids is 3. The monoisotopic (exact) mass is 689 g/mol. The van der Waals surface area contributed by atoms with Crippen molar-refractivity contribution in [3.8, 4) is 11.1 Å². The Kier molecular flexibility index (Phi) is 15.0. The number of hydrogen-bond donors (Lipinski definition) is 1. The lowest BCUT2D eigenvalue weighted by molar-refractivity contribution is -0.158. The van der Waals surface area contributed by atoms with Crippen LogP contribution >= 0.6 is 0 Å². The molecule has 0 bridgehead atoms. The normalized spacial score (nSPS) is 13.4. The summed E-state index contributed by atoms with van der Waals surface area (Å²) in [6.45, 7) is 3.85. The molecule has 0 saturated carbocycles. The van der Waals surface area contributed by atoms with Crippen LogP contribution in [0.2, 0.25) is 0 Å². The number of fused-ring (bicyclic) bond motifs is 3. The average molecular weight is 690 g/mol. The van der Waals surface area contributed by atoms with Gasteiger partial charge in [0.1, 0.15) is 0 Å². The smallest absolute Gasteiger partial charge is 0.328 e. The molecule has 0 radical (unpaired) electrons. The van der Waals surface area contributed by atoms with Crippen LogP contribution in [-0.4, -0.2) is 38.8 Å². The largest absolute Gasteiger partial charge is 0.465 e. The second-order valence-corrected chi connectivity index (χ2v) is 14.5. The Hall–Kier alpha value is -3.82. The average Bonchev–Trinajstić information content (AvgIpc) is 3.39. The predicted octanol–water partition coefficient (Wildman–Crippen LogP) is 8.87. The fourth-order valence-electron chi connectivity index (χ4n) is 6.33. The van der Waals surface area contributed by atoms with Gasteiger partial charge in [-0.25, -0.2) is 8.42 Å². The molecule has 0 heterocycles. The molecule has 3 aromatic rings. The molecule has 2 atom stereocenters. The number of sulfonamides is 1. The molecule has 0 amide bonds. The number of hydrogen-bond acceptors (Lipinski definition) is 7. The van der Waals surface area contributed by atoms with Gasteiger partial charge in [0.05, 0.1) is 11.5 Å². The highest BCUT2D eigenvalue weighted by molar-refractivity contribution is 7.89. The summed E-state index contributed by atoms with van der Waals surface area (Å²) in [5, 5.41) is 0. The molecule has 0 unspecified atom stereocenters. The van der Waals surface area contributed by atoms with Crippen LogP contribution in [-0.2, 0) is 29.1 Å². The lowest BCUT2D eigenvalue weighted by Gasteiger charge is -2.27. The minimum Gasteiger partial charge on any atom is -0.465 e. The molecule has 49 heavy (non-hydrogen) atoms. The van der Waals surface area contributed by atoms with Gasteiger partial charge in [-0.1, -0.05) is 145 Å². The van der Waals surface area contributed by atoms with E-state index in [0.29, 0.717) is 23.1 Å². The Morgan fingerprint density at radius 2 is 1.22 bits per heavy atom. The molecule has 1 aliphatic carbocycles. The number of nitrogens with one attached hydrogen (secondary N) is 1. The van der Waals surface area contributed by atoms with Crippen LogP contribution in [0.3, 0.4) is 0 Å². The first kappa shape index (κ1) is 38.0. The van der Waals surface area contributed by atoms with E-state index in [1.165, 1.54) is 69.9 Å². The summed E-state index contributed by atoms with van der Waals surface area (Å²) >= 11 is 0. The molecule has 264 valence electrons. The van der Waals surface area contributed by atoms with Gasteiger partial charge in [0.15, 0.2) is 17.9 Å². The number of carbonyl (C=O) groups is 3. The SMILES string of the molecule is CCCCCCCCCCCCCCCC(=O)O[C@H](c1ccccc1)[C@@H](NS(=O)(=O)c1ccc2c(c1)C(=O)c1ccccc1-2)C(=O)OCC. The van der Waals surface area contributed by atoms with Crippen LogP contribution in [0.15, 0.2) is 77.7 Å². The lowest BCUT2D eigenvalue weighted by Crippen LogP contribution is -2.47. The molecule has 4 rings (SSSR count). The van der Waals surface area contributed by atoms with Gasteiger partial charge in [-0.05, 0) is 42.2 Å². The van der Waals surface area contributed by atoms with E-state index in [-0.39, 0.29) is 29.3 Å². The fraction of sp³-hybridized carbons (Fsp3) is 0.475. The number of rotatable bonds is 22. The maximum absolute atomic E-state index is 13.8. The topological polar surface area (TPSA) is 116 Å². The summed E-state index contributed by atoms with van der Waals surface area (Å²) in [6, 6.07) is 18.4. The molecular weight excluding hydrogens is 639 g/mol. The third-order valence-electron chi connectivity index (χ3n) is 9.00. The second kappa shape index (κ2) is 19.4. The molecule has 1 N–H and O–H groups in total. The Morgan fingerprint density at radius 1 is 0.673 bits per heavy atom. The molecule has 0 aliphatic heterocycles. The van der Waals surface area contributed by atoms with E-state index in [1.54, 1.807) is 55.5 Å². The zero-order valence-electron chi connectivity index (χ0n) is 29.0. The summed E-state index contributed by atoms with van der Waals surface area (Å²) in [4.78, 5) is 39.4. The molecule has 0 fully saturated rings. The van der Waals surface area contributed by atoms with Crippen LogP contribution in [0.5, 0.6) is 0 Å². The van der Waals surface area contributed by atoms with Gasteiger partial charge < -0.3 is 9.47 Å². The highest BCUT2D eigenvalue weighted by Crippen LogP contribution is 2.37. The minimum absolute atomic E-state index is 0.00290. The van der Waals surface area contributed by atoms with Crippen molar-refractivity contribution in [2.75, 3.05) is 6.61 Å². The van der Waals surface area contributed by atoms with Gasteiger partial charge in [-0.3, -0.25) is 14.4 Å². The van der Waals surface area contributed by atoms with Crippen LogP contribution in [0.25, 0.3) is 11.1 Å². The van der Waals surface area contributed by atoms with Crippen LogP contribution in [0, 0.1) is 0 Å². The predicted molar refractivity (Wildman–Crippen MR) is 192 cm³/mol. The summed E-state index contributed by atoms with van der Waals surface area (Å²) in [6.07, 6.45) is 14.2. The van der Waals surface area contributed by atoms with Crippen LogP contribution in [0.4, 0.5) is 0 Å². The maximum atomic E-state index is 13.8. The van der Waals surface area contributed by atoms with Gasteiger partial charge in [0.25, 0.3) is 0 Å². The minimum atomic E-state index is -4.38. The van der Waals surface area contributed by atoms with Gasteiger partial charge in [-0.2, -0.15) is 4.72 Å². The molecule has 9 heteroatoms. The van der Waals surface area contributed by atoms with Crippen LogP contribution in [0.1, 0.15) is 131 Å². The van der Waals surface area contributed by atoms with E-state index in [4.69, 9.17) is 9.47 Å². The first-order valence-electron chi connectivity index (χ1n) is 18.0. The highest BCUT2D eigenvalue weighted by Gasteiger charge is 2.38. The molecule has 3 aromatic carbocycles. The lowest BCUT2D eigenvalue weighted by atomic mass is 10.0. The van der Waals surface area contributed by atoms with Crippen molar-refractivity contribution in [1.82, 2.24) is 4.72 Å².